The van der Waals surface area contributed by atoms with Crippen molar-refractivity contribution in [1.29, 1.82) is 0 Å². The zero-order valence-corrected chi connectivity index (χ0v) is 71.7. The van der Waals surface area contributed by atoms with Crippen molar-refractivity contribution in [3.8, 4) is 87.6 Å². The minimum atomic E-state index is -1.17. The molecule has 8 aromatic heterocycles. The van der Waals surface area contributed by atoms with Gasteiger partial charge in [0.15, 0.2) is 18.3 Å². The van der Waals surface area contributed by atoms with Gasteiger partial charge in [0, 0.05) is 106 Å². The number of aromatic nitrogens is 10. The van der Waals surface area contributed by atoms with E-state index in [4.69, 9.17) is 85.0 Å². The molecule has 0 aliphatic carbocycles. The number of hydrogen-bond acceptors (Lipinski definition) is 19. The average molecular weight is 1700 g/mol. The van der Waals surface area contributed by atoms with Crippen LogP contribution in [-0.4, -0.2) is 104 Å². The molecule has 26 heteroatoms. The number of ether oxygens (including phenoxy) is 5. The van der Waals surface area contributed by atoms with Gasteiger partial charge in [0.25, 0.3) is 0 Å². The molecule has 0 bridgehead atoms. The molecule has 0 spiro atoms. The first-order chi connectivity index (χ1) is 55.7. The van der Waals surface area contributed by atoms with Gasteiger partial charge >= 0.3 is 17.9 Å². The van der Waals surface area contributed by atoms with Gasteiger partial charge in [-0.3, -0.25) is 20.2 Å². The van der Waals surface area contributed by atoms with Gasteiger partial charge in [0.05, 0.1) is 96.5 Å². The fourth-order valence-electron chi connectivity index (χ4n) is 13.9. The van der Waals surface area contributed by atoms with Crippen molar-refractivity contribution in [2.24, 2.45) is 0 Å². The van der Waals surface area contributed by atoms with Crippen molar-refractivity contribution in [2.75, 3.05) is 14.2 Å². The van der Waals surface area contributed by atoms with E-state index in [1.165, 1.54) is 36.9 Å². The zero-order chi connectivity index (χ0) is 83.1. The number of thiazole rings is 3. The molecule has 594 valence electrons. The van der Waals surface area contributed by atoms with Crippen molar-refractivity contribution in [3.63, 3.8) is 0 Å². The van der Waals surface area contributed by atoms with Crippen LogP contribution in [0, 0.1) is 20.8 Å². The Bertz CT molecular complexity index is 6440. The Morgan fingerprint density at radius 3 is 1.03 bits per heavy atom. The fraction of sp³-hybridized carbons (Fsp3) is 0.220. The second-order valence-electron chi connectivity index (χ2n) is 30.9. The minimum absolute atomic E-state index is 0.399. The number of hydrogen-bond donors (Lipinski definition) is 3. The number of benzene rings is 8. The number of esters is 2. The lowest BCUT2D eigenvalue weighted by atomic mass is 9.91. The molecule has 0 amide bonds. The quantitative estimate of drug-likeness (QED) is 0.0566. The van der Waals surface area contributed by atoms with E-state index in [-0.39, 0.29) is 0 Å². The van der Waals surface area contributed by atoms with Gasteiger partial charge in [-0.25, -0.2) is 34.3 Å². The van der Waals surface area contributed by atoms with Crippen molar-refractivity contribution in [1.82, 2.24) is 50.3 Å². The van der Waals surface area contributed by atoms with E-state index in [2.05, 4.69) is 53.5 Å². The molecule has 8 aromatic carbocycles. The number of methoxy groups -OCH3 is 2. The highest BCUT2D eigenvalue weighted by atomic mass is 35.5. The highest BCUT2D eigenvalue weighted by Gasteiger charge is 2.37. The maximum Gasteiger partial charge on any atom is 0.339 e. The largest absolute Gasteiger partial charge is 0.479 e. The Kier molecular flexibility index (Phi) is 24.1. The van der Waals surface area contributed by atoms with Crippen LogP contribution in [-0.2, 0) is 38.1 Å². The number of aryl methyl sites for hydroxylation is 3. The summed E-state index contributed by atoms with van der Waals surface area (Å²) in [5.41, 5.74) is 18.8. The number of carbonyl (C=O) groups excluding carboxylic acids is 2. The number of carboxylic acids is 1. The predicted molar refractivity (Wildman–Crippen MR) is 472 cm³/mol. The number of rotatable bonds is 17. The van der Waals surface area contributed by atoms with Crippen molar-refractivity contribution >= 4 is 151 Å². The number of aromatic amines is 2. The topological polar surface area (TPSA) is 252 Å². The lowest BCUT2D eigenvalue weighted by Gasteiger charge is -2.29. The molecule has 3 atom stereocenters. The van der Waals surface area contributed by atoms with Crippen LogP contribution < -0.4 is 0 Å². The molecule has 16 rings (SSSR count). The van der Waals surface area contributed by atoms with Crippen molar-refractivity contribution in [3.05, 3.63) is 248 Å². The molecule has 0 fully saturated rings. The molecule has 0 radical (unpaired) electrons. The summed E-state index contributed by atoms with van der Waals surface area (Å²) in [6, 6.07) is 52.3. The van der Waals surface area contributed by atoms with Crippen LogP contribution in [0.4, 0.5) is 0 Å². The van der Waals surface area contributed by atoms with Crippen molar-refractivity contribution < 1.29 is 43.2 Å². The lowest BCUT2D eigenvalue weighted by molar-refractivity contribution is -0.164. The lowest BCUT2D eigenvalue weighted by Crippen LogP contribution is -2.29. The van der Waals surface area contributed by atoms with Gasteiger partial charge in [0.1, 0.15) is 20.2 Å². The van der Waals surface area contributed by atoms with Crippen LogP contribution in [0.15, 0.2) is 195 Å². The molecule has 0 aliphatic heterocycles. The maximum atomic E-state index is 13.2. The van der Waals surface area contributed by atoms with Crippen LogP contribution in [0.2, 0.25) is 20.2 Å². The second-order valence-corrected chi connectivity index (χ2v) is 35.5. The smallest absolute Gasteiger partial charge is 0.339 e. The van der Waals surface area contributed by atoms with Crippen LogP contribution in [0.25, 0.3) is 140 Å². The van der Waals surface area contributed by atoms with E-state index in [0.29, 0.717) is 25.8 Å². The Hall–Kier alpha value is -10.7. The molecule has 0 unspecified atom stereocenters. The molecular formula is C91H80Cl4N10O9S3. The van der Waals surface area contributed by atoms with E-state index in [0.717, 1.165) is 168 Å². The molecule has 16 aromatic rings. The summed E-state index contributed by atoms with van der Waals surface area (Å²) >= 11 is 29.4. The Morgan fingerprint density at radius 2 is 0.709 bits per heavy atom. The van der Waals surface area contributed by atoms with E-state index >= 15 is 0 Å². The second kappa shape index (κ2) is 34.1. The molecule has 8 heterocycles. The summed E-state index contributed by atoms with van der Waals surface area (Å²) in [6.07, 6.45) is 5.83. The molecule has 3 N–H and O–H groups in total. The van der Waals surface area contributed by atoms with Crippen LogP contribution in [0.5, 0.6) is 0 Å². The molecule has 0 aliphatic rings. The average Bonchev–Trinajstić information content (AvgIpc) is 1.65. The number of carboxylic acid groups (broad SMARTS) is 1. The van der Waals surface area contributed by atoms with Gasteiger partial charge in [-0.2, -0.15) is 10.2 Å². The van der Waals surface area contributed by atoms with Crippen LogP contribution in [0.1, 0.15) is 114 Å². The summed E-state index contributed by atoms with van der Waals surface area (Å²) in [7, 11) is 2.75. The number of carbonyl (C=O) groups is 3. The number of H-pyrrole nitrogens is 2. The molecular weight excluding hydrogens is 1620 g/mol. The monoisotopic (exact) mass is 1690 g/mol. The van der Waals surface area contributed by atoms with Crippen LogP contribution >= 0.6 is 80.4 Å². The molecule has 117 heavy (non-hydrogen) atoms. The number of nitrogens with one attached hydrogen (secondary N) is 2. The highest BCUT2D eigenvalue weighted by Crippen LogP contribution is 2.49. The number of pyridine rings is 3. The Morgan fingerprint density at radius 1 is 0.393 bits per heavy atom. The van der Waals surface area contributed by atoms with E-state index in [9.17, 15) is 19.5 Å². The third-order valence-electron chi connectivity index (χ3n) is 18.9. The first-order valence-electron chi connectivity index (χ1n) is 37.2. The van der Waals surface area contributed by atoms with Gasteiger partial charge in [0.2, 0.25) is 0 Å². The van der Waals surface area contributed by atoms with E-state index in [1.54, 1.807) is 48.4 Å². The van der Waals surface area contributed by atoms with Crippen molar-refractivity contribution in [2.45, 2.75) is 118 Å². The number of halogens is 4. The molecule has 19 nitrogen and oxygen atoms in total. The first-order valence-corrected chi connectivity index (χ1v) is 41.2. The van der Waals surface area contributed by atoms with E-state index < -0.39 is 53.0 Å². The van der Waals surface area contributed by atoms with Gasteiger partial charge in [-0.1, -0.05) is 94.9 Å². The third kappa shape index (κ3) is 18.5. The molecule has 0 saturated heterocycles. The third-order valence-corrected chi connectivity index (χ3v) is 23.3. The van der Waals surface area contributed by atoms with Crippen LogP contribution in [0.3, 0.4) is 0 Å². The van der Waals surface area contributed by atoms with Gasteiger partial charge in [-0.15, -0.1) is 34.0 Å². The summed E-state index contributed by atoms with van der Waals surface area (Å²) < 4.78 is 31.9. The number of aliphatic carboxylic acids is 1. The SMILES string of the molecule is COC(=O)[C@@H](OC(C)(C)C)c1c(C)cc2nc(-c3ccnc(-c4ccc5[nH]ncc5c4)c3)sc2c1-c1ccc(Cl)cc1.COC(=O)[C@@H](OC(C)(C)C)c1c(C)cc2nc(-c3ccnc(Cl)c3)sc2c1-c1ccc(Cl)cc1.Cc1cc2nc(-c3ccnc(-c4ccc5[nH]ncc5c4)c3)sc2c(-c2ccc(Cl)cc2)c1[C@H](OC(C)(C)C)C(=O)O. The Balaban J connectivity index is 0.000000145. The summed E-state index contributed by atoms with van der Waals surface area (Å²) in [6.45, 7) is 22.9. The number of nitrogens with zero attached hydrogens (tertiary/aromatic N) is 8. The van der Waals surface area contributed by atoms with Gasteiger partial charge < -0.3 is 28.8 Å². The maximum absolute atomic E-state index is 13.2. The summed E-state index contributed by atoms with van der Waals surface area (Å²) in [5, 5.41) is 31.2. The first kappa shape index (κ1) is 82.8. The zero-order valence-electron chi connectivity index (χ0n) is 66.2. The minimum Gasteiger partial charge on any atom is -0.479 e. The summed E-state index contributed by atoms with van der Waals surface area (Å²) in [5.74, 6) is -1.96. The molecule has 0 saturated carbocycles. The normalized spacial score (nSPS) is 12.7. The Labute approximate surface area is 707 Å². The van der Waals surface area contributed by atoms with Gasteiger partial charge in [-0.05, 0) is 232 Å². The number of fused-ring (bicyclic) bond motifs is 5. The fourth-order valence-corrected chi connectivity index (χ4v) is 17.8. The standard InChI is InChI=1S/C33H29ClN4O3S.C32H27ClN4O3S.C26H24Cl2N2O3S/c1-18-14-26-30(28(19-6-9-23(34)10-7-19)27(18)29(32(39)40-5)41-33(2,3)4)42-31(37-26)21-12-13-35-25(16-21)20-8-11-24-22(15-20)17-36-38-24;1-17-13-25-29(27(18-5-8-22(33)9-6-18)26(17)28(31(38)39)40-32(2,3)4)41-30(36-25)20-11-12-34-24(15-20)19-7-10-23-21(14-19)16-35-37-23;1-14-12-18-23(34-24(30-18)16-10-11-29-19(28)13-16)21(15-6-8-17(27)9-7-15)20(14)22(25(31)32-5)33-26(2,3)4/h6-17,29H,1-5H3,(H,36,38);5-16,28H,1-4H3,(H,35,37)(H,38,39);6-13,22H,1-5H3/t29-;28-;22-/m000/s1. The predicted octanol–water partition coefficient (Wildman–Crippen LogP) is 24.7. The van der Waals surface area contributed by atoms with E-state index in [1.807, 2.05) is 223 Å². The highest BCUT2D eigenvalue weighted by molar-refractivity contribution is 7.23. The summed E-state index contributed by atoms with van der Waals surface area (Å²) in [4.78, 5) is 67.0.